The first-order valence-electron chi connectivity index (χ1n) is 5.73. The fraction of sp³-hybridized carbons (Fsp3) is 0.818. The van der Waals surface area contributed by atoms with Crippen LogP contribution in [0.5, 0.6) is 0 Å². The molecule has 0 saturated heterocycles. The van der Waals surface area contributed by atoms with Crippen LogP contribution in [0.2, 0.25) is 0 Å². The molecule has 1 amide bonds. The molecule has 0 rings (SSSR count). The summed E-state index contributed by atoms with van der Waals surface area (Å²) in [7, 11) is 0. The molecule has 0 bridgehead atoms. The molecule has 0 fully saturated rings. The van der Waals surface area contributed by atoms with Crippen LogP contribution in [0, 0.1) is 0 Å². The van der Waals surface area contributed by atoms with Gasteiger partial charge in [0.05, 0.1) is 6.42 Å². The quantitative estimate of drug-likeness (QED) is 0.553. The molecule has 0 unspecified atom stereocenters. The largest absolute Gasteiger partial charge is 0.481 e. The lowest BCUT2D eigenvalue weighted by Gasteiger charge is -2.04. The van der Waals surface area contributed by atoms with E-state index in [2.05, 4.69) is 12.2 Å². The monoisotopic (exact) mass is 231 g/mol. The van der Waals surface area contributed by atoms with Gasteiger partial charge in [0.1, 0.15) is 0 Å². The van der Waals surface area contributed by atoms with Gasteiger partial charge >= 0.3 is 5.97 Å². The number of unbranched alkanes of at least 4 members (excludes halogenated alkanes) is 1. The van der Waals surface area contributed by atoms with E-state index in [0.29, 0.717) is 6.54 Å². The molecular formula is C11H21NO4. The highest BCUT2D eigenvalue weighted by atomic mass is 16.5. The molecule has 5 nitrogen and oxygen atoms in total. The summed E-state index contributed by atoms with van der Waals surface area (Å²) in [5.41, 5.74) is 0. The average Bonchev–Trinajstić information content (AvgIpc) is 2.25. The highest BCUT2D eigenvalue weighted by Crippen LogP contribution is 1.92. The van der Waals surface area contributed by atoms with Gasteiger partial charge in [0.2, 0.25) is 5.91 Å². The van der Waals surface area contributed by atoms with Gasteiger partial charge in [-0.1, -0.05) is 6.92 Å². The van der Waals surface area contributed by atoms with E-state index in [0.717, 1.165) is 32.5 Å². The van der Waals surface area contributed by atoms with Crippen LogP contribution in [0.3, 0.4) is 0 Å². The minimum absolute atomic E-state index is 0.0572. The Morgan fingerprint density at radius 1 is 1.19 bits per heavy atom. The number of carboxylic acid groups (broad SMARTS) is 1. The Labute approximate surface area is 96.2 Å². The molecule has 0 radical (unpaired) electrons. The van der Waals surface area contributed by atoms with Gasteiger partial charge in [0, 0.05) is 26.2 Å². The maximum atomic E-state index is 11.1. The van der Waals surface area contributed by atoms with Crippen LogP contribution >= 0.6 is 0 Å². The van der Waals surface area contributed by atoms with Crippen molar-refractivity contribution in [2.24, 2.45) is 0 Å². The fourth-order valence-electron chi connectivity index (χ4n) is 1.11. The van der Waals surface area contributed by atoms with Crippen LogP contribution in [-0.4, -0.2) is 36.7 Å². The highest BCUT2D eigenvalue weighted by molar-refractivity contribution is 5.80. The zero-order valence-electron chi connectivity index (χ0n) is 9.83. The number of amides is 1. The Morgan fingerprint density at radius 3 is 2.56 bits per heavy atom. The minimum Gasteiger partial charge on any atom is -0.481 e. The Morgan fingerprint density at radius 2 is 1.94 bits per heavy atom. The molecule has 16 heavy (non-hydrogen) atoms. The van der Waals surface area contributed by atoms with Gasteiger partial charge in [0.15, 0.2) is 0 Å². The third-order valence-corrected chi connectivity index (χ3v) is 1.95. The zero-order chi connectivity index (χ0) is 12.2. The summed E-state index contributed by atoms with van der Waals surface area (Å²) in [5, 5.41) is 11.0. The topological polar surface area (TPSA) is 75.6 Å². The molecule has 0 aliphatic rings. The molecule has 0 aromatic carbocycles. The Bertz CT molecular complexity index is 206. The number of carbonyl (C=O) groups is 2. The van der Waals surface area contributed by atoms with E-state index in [1.807, 2.05) is 0 Å². The number of ether oxygens (including phenoxy) is 1. The number of carboxylic acids is 1. The van der Waals surface area contributed by atoms with E-state index in [1.54, 1.807) is 0 Å². The predicted molar refractivity (Wildman–Crippen MR) is 60.2 cm³/mol. The summed E-state index contributed by atoms with van der Waals surface area (Å²) in [4.78, 5) is 21.3. The molecule has 0 spiro atoms. The summed E-state index contributed by atoms with van der Waals surface area (Å²) in [6, 6.07) is 0. The third kappa shape index (κ3) is 11.0. The summed E-state index contributed by atoms with van der Waals surface area (Å²) >= 11 is 0. The SMILES string of the molecule is CCCOCCCCNC(=O)CCC(=O)O. The van der Waals surface area contributed by atoms with Crippen LogP contribution in [0.25, 0.3) is 0 Å². The molecule has 0 aromatic rings. The molecule has 0 atom stereocenters. The number of hydrogen-bond acceptors (Lipinski definition) is 3. The summed E-state index contributed by atoms with van der Waals surface area (Å²) < 4.78 is 5.28. The third-order valence-electron chi connectivity index (χ3n) is 1.95. The lowest BCUT2D eigenvalue weighted by Crippen LogP contribution is -2.25. The van der Waals surface area contributed by atoms with Crippen molar-refractivity contribution in [2.75, 3.05) is 19.8 Å². The van der Waals surface area contributed by atoms with Crippen LogP contribution < -0.4 is 5.32 Å². The van der Waals surface area contributed by atoms with Gasteiger partial charge in [0.25, 0.3) is 0 Å². The van der Waals surface area contributed by atoms with E-state index in [9.17, 15) is 9.59 Å². The number of rotatable bonds is 10. The van der Waals surface area contributed by atoms with Crippen molar-refractivity contribution in [1.82, 2.24) is 5.32 Å². The second-order valence-electron chi connectivity index (χ2n) is 3.56. The maximum absolute atomic E-state index is 11.1. The zero-order valence-corrected chi connectivity index (χ0v) is 9.83. The van der Waals surface area contributed by atoms with Gasteiger partial charge in [-0.05, 0) is 19.3 Å². The first-order chi connectivity index (χ1) is 7.66. The molecule has 94 valence electrons. The van der Waals surface area contributed by atoms with E-state index < -0.39 is 5.97 Å². The fourth-order valence-corrected chi connectivity index (χ4v) is 1.11. The molecule has 5 heteroatoms. The molecular weight excluding hydrogens is 210 g/mol. The number of nitrogens with one attached hydrogen (secondary N) is 1. The minimum atomic E-state index is -0.942. The predicted octanol–water partition coefficient (Wildman–Crippen LogP) is 1.17. The smallest absolute Gasteiger partial charge is 0.303 e. The second kappa shape index (κ2) is 10.4. The number of hydrogen-bond donors (Lipinski definition) is 2. The number of carbonyl (C=O) groups excluding carboxylic acids is 1. The Kier molecular flexibility index (Phi) is 9.70. The Balaban J connectivity index is 3.18. The normalized spacial score (nSPS) is 10.1. The van der Waals surface area contributed by atoms with E-state index in [4.69, 9.17) is 9.84 Å². The maximum Gasteiger partial charge on any atom is 0.303 e. The van der Waals surface area contributed by atoms with E-state index in [1.165, 1.54) is 0 Å². The molecule has 0 aliphatic heterocycles. The second-order valence-corrected chi connectivity index (χ2v) is 3.56. The highest BCUT2D eigenvalue weighted by Gasteiger charge is 2.03. The van der Waals surface area contributed by atoms with Crippen LogP contribution in [0.1, 0.15) is 39.0 Å². The standard InChI is InChI=1S/C11H21NO4/c1-2-8-16-9-4-3-7-12-10(13)5-6-11(14)15/h2-9H2,1H3,(H,12,13)(H,14,15). The summed E-state index contributed by atoms with van der Waals surface area (Å²) in [5.74, 6) is -1.14. The molecule has 0 aromatic heterocycles. The molecule has 0 saturated carbocycles. The van der Waals surface area contributed by atoms with Crippen molar-refractivity contribution >= 4 is 11.9 Å². The van der Waals surface area contributed by atoms with Crippen molar-refractivity contribution < 1.29 is 19.4 Å². The van der Waals surface area contributed by atoms with Crippen molar-refractivity contribution in [1.29, 1.82) is 0 Å². The van der Waals surface area contributed by atoms with Gasteiger partial charge in [-0.2, -0.15) is 0 Å². The molecule has 0 heterocycles. The number of aliphatic carboxylic acids is 1. The van der Waals surface area contributed by atoms with E-state index >= 15 is 0 Å². The summed E-state index contributed by atoms with van der Waals surface area (Å²) in [6.45, 7) is 4.15. The molecule has 0 aliphatic carbocycles. The van der Waals surface area contributed by atoms with Crippen molar-refractivity contribution in [3.8, 4) is 0 Å². The Hall–Kier alpha value is -1.10. The van der Waals surface area contributed by atoms with Crippen LogP contribution in [-0.2, 0) is 14.3 Å². The van der Waals surface area contributed by atoms with Crippen molar-refractivity contribution in [3.05, 3.63) is 0 Å². The van der Waals surface area contributed by atoms with Gasteiger partial charge < -0.3 is 15.2 Å². The van der Waals surface area contributed by atoms with Crippen molar-refractivity contribution in [3.63, 3.8) is 0 Å². The lowest BCUT2D eigenvalue weighted by atomic mass is 10.3. The average molecular weight is 231 g/mol. The van der Waals surface area contributed by atoms with Gasteiger partial charge in [-0.15, -0.1) is 0 Å². The van der Waals surface area contributed by atoms with E-state index in [-0.39, 0.29) is 18.7 Å². The summed E-state index contributed by atoms with van der Waals surface area (Å²) in [6.07, 6.45) is 2.75. The molecule has 2 N–H and O–H groups in total. The first-order valence-corrected chi connectivity index (χ1v) is 5.73. The van der Waals surface area contributed by atoms with Gasteiger partial charge in [-0.3, -0.25) is 9.59 Å². The van der Waals surface area contributed by atoms with Gasteiger partial charge in [-0.25, -0.2) is 0 Å². The van der Waals surface area contributed by atoms with Crippen LogP contribution in [0.4, 0.5) is 0 Å². The van der Waals surface area contributed by atoms with Crippen LogP contribution in [0.15, 0.2) is 0 Å². The van der Waals surface area contributed by atoms with Crippen molar-refractivity contribution in [2.45, 2.75) is 39.0 Å². The lowest BCUT2D eigenvalue weighted by molar-refractivity contribution is -0.138. The first kappa shape index (κ1) is 14.9.